The van der Waals surface area contributed by atoms with E-state index in [4.69, 9.17) is 14.2 Å². The average Bonchev–Trinajstić information content (AvgIpc) is 2.73. The predicted molar refractivity (Wildman–Crippen MR) is 122 cm³/mol. The number of hydrogen-bond acceptors (Lipinski definition) is 4. The van der Waals surface area contributed by atoms with Crippen molar-refractivity contribution in [1.82, 2.24) is 0 Å². The van der Waals surface area contributed by atoms with E-state index in [-0.39, 0.29) is 6.61 Å². The van der Waals surface area contributed by atoms with Crippen LogP contribution in [0.1, 0.15) is 32.3 Å². The Kier molecular flexibility index (Phi) is 7.47. The van der Waals surface area contributed by atoms with Crippen molar-refractivity contribution >= 4 is 27.5 Å². The van der Waals surface area contributed by atoms with Crippen molar-refractivity contribution in [3.8, 4) is 5.75 Å². The number of fused-ring (bicyclic) bond motifs is 2. The summed E-state index contributed by atoms with van der Waals surface area (Å²) in [7, 11) is 0. The van der Waals surface area contributed by atoms with Crippen molar-refractivity contribution in [3.63, 3.8) is 0 Å². The van der Waals surface area contributed by atoms with Gasteiger partial charge in [0.1, 0.15) is 12.4 Å². The van der Waals surface area contributed by atoms with Crippen LogP contribution in [0.4, 0.5) is 0 Å². The van der Waals surface area contributed by atoms with Crippen LogP contribution in [-0.4, -0.2) is 31.9 Å². The number of rotatable bonds is 10. The van der Waals surface area contributed by atoms with Crippen molar-refractivity contribution < 1.29 is 19.0 Å². The summed E-state index contributed by atoms with van der Waals surface area (Å²) in [5.74, 6) is 0.373. The molecule has 1 atom stereocenters. The summed E-state index contributed by atoms with van der Waals surface area (Å²) >= 11 is 0. The van der Waals surface area contributed by atoms with Gasteiger partial charge in [0.05, 0.1) is 6.61 Å². The van der Waals surface area contributed by atoms with E-state index in [2.05, 4.69) is 56.8 Å². The molecule has 0 saturated heterocycles. The lowest BCUT2D eigenvalue weighted by atomic mass is 10.0. The molecule has 158 valence electrons. The van der Waals surface area contributed by atoms with Gasteiger partial charge in [-0.25, -0.2) is 4.79 Å². The highest BCUT2D eigenvalue weighted by Crippen LogP contribution is 2.35. The van der Waals surface area contributed by atoms with E-state index in [1.54, 1.807) is 6.92 Å². The van der Waals surface area contributed by atoms with Crippen LogP contribution in [0.3, 0.4) is 0 Å². The Morgan fingerprint density at radius 2 is 1.80 bits per heavy atom. The van der Waals surface area contributed by atoms with Crippen molar-refractivity contribution in [3.05, 3.63) is 66.2 Å². The largest absolute Gasteiger partial charge is 0.488 e. The summed E-state index contributed by atoms with van der Waals surface area (Å²) in [5, 5.41) is 4.31. The molecule has 0 saturated carbocycles. The van der Waals surface area contributed by atoms with Gasteiger partial charge >= 0.3 is 5.97 Å². The molecule has 0 aliphatic heterocycles. The second-order valence-corrected chi connectivity index (χ2v) is 7.70. The first-order valence-corrected chi connectivity index (χ1v) is 10.5. The fraction of sp³-hybridized carbons (Fsp3) is 0.346. The number of esters is 1. The monoisotopic (exact) mass is 406 g/mol. The molecule has 0 N–H and O–H groups in total. The molecule has 30 heavy (non-hydrogen) atoms. The van der Waals surface area contributed by atoms with Gasteiger partial charge < -0.3 is 14.2 Å². The number of carbonyl (C=O) groups is 1. The molecular formula is C26H30O4. The average molecular weight is 407 g/mol. The number of unbranched alkanes of at least 4 members (excludes halogenated alkanes) is 1. The quantitative estimate of drug-likeness (QED) is 0.180. The number of ether oxygens (including phenoxy) is 3. The van der Waals surface area contributed by atoms with Crippen LogP contribution < -0.4 is 4.74 Å². The number of benzene rings is 3. The lowest BCUT2D eigenvalue weighted by molar-refractivity contribution is -0.149. The molecule has 0 amide bonds. The Morgan fingerprint density at radius 1 is 1.03 bits per heavy atom. The normalized spacial score (nSPS) is 12.1. The van der Waals surface area contributed by atoms with Crippen LogP contribution >= 0.6 is 0 Å². The van der Waals surface area contributed by atoms with Crippen LogP contribution in [0.25, 0.3) is 21.5 Å². The van der Waals surface area contributed by atoms with Gasteiger partial charge in [-0.05, 0) is 43.2 Å². The van der Waals surface area contributed by atoms with Crippen LogP contribution in [0, 0.1) is 6.92 Å². The fourth-order valence-electron chi connectivity index (χ4n) is 3.30. The maximum atomic E-state index is 12.1. The van der Waals surface area contributed by atoms with E-state index < -0.39 is 12.1 Å². The third-order valence-corrected chi connectivity index (χ3v) is 4.95. The Labute approximate surface area is 178 Å². The Morgan fingerprint density at radius 3 is 2.57 bits per heavy atom. The summed E-state index contributed by atoms with van der Waals surface area (Å²) in [4.78, 5) is 12.1. The molecule has 1 unspecified atom stereocenters. The topological polar surface area (TPSA) is 44.8 Å². The first-order valence-electron chi connectivity index (χ1n) is 10.5. The number of carbonyl (C=O) groups excluding carboxylic acids is 1. The predicted octanol–water partition coefficient (Wildman–Crippen LogP) is 5.98. The van der Waals surface area contributed by atoms with Gasteiger partial charge in [-0.2, -0.15) is 0 Å². The minimum absolute atomic E-state index is 0.211. The zero-order valence-corrected chi connectivity index (χ0v) is 18.1. The standard InChI is InChI=1S/C26H30O4/c1-5-6-13-28-16-22(30-26(27)18(2)3)17-29-25-23-10-8-7-9-20(23)15-21-12-11-19(4)14-24(21)25/h7-12,14-15,22H,2,5-6,13,16-17H2,1,3-4H3. The maximum absolute atomic E-state index is 12.1. The van der Waals surface area contributed by atoms with E-state index in [1.165, 1.54) is 0 Å². The molecule has 3 aromatic rings. The van der Waals surface area contributed by atoms with Gasteiger partial charge in [0.15, 0.2) is 6.10 Å². The number of hydrogen-bond donors (Lipinski definition) is 0. The summed E-state index contributed by atoms with van der Waals surface area (Å²) < 4.78 is 17.6. The SMILES string of the molecule is C=C(C)C(=O)OC(COCCCC)COc1c2ccccc2cc2ccc(C)cc12. The Balaban J connectivity index is 1.88. The van der Waals surface area contributed by atoms with Gasteiger partial charge in [-0.3, -0.25) is 0 Å². The smallest absolute Gasteiger partial charge is 0.333 e. The first-order chi connectivity index (χ1) is 14.5. The first kappa shape index (κ1) is 21.8. The molecule has 0 spiro atoms. The summed E-state index contributed by atoms with van der Waals surface area (Å²) in [5.41, 5.74) is 1.52. The Hall–Kier alpha value is -2.85. The van der Waals surface area contributed by atoms with Crippen molar-refractivity contribution in [1.29, 1.82) is 0 Å². The summed E-state index contributed by atoms with van der Waals surface area (Å²) in [6, 6.07) is 16.7. The molecule has 0 radical (unpaired) electrons. The van der Waals surface area contributed by atoms with E-state index in [0.29, 0.717) is 18.8 Å². The highest BCUT2D eigenvalue weighted by atomic mass is 16.6. The van der Waals surface area contributed by atoms with Crippen LogP contribution in [0.5, 0.6) is 5.75 Å². The molecule has 4 nitrogen and oxygen atoms in total. The van der Waals surface area contributed by atoms with Crippen molar-refractivity contribution in [2.24, 2.45) is 0 Å². The van der Waals surface area contributed by atoms with Gasteiger partial charge in [-0.15, -0.1) is 0 Å². The van der Waals surface area contributed by atoms with E-state index in [9.17, 15) is 4.79 Å². The third kappa shape index (κ3) is 5.39. The van der Waals surface area contributed by atoms with E-state index in [0.717, 1.165) is 45.7 Å². The molecule has 0 aromatic heterocycles. The van der Waals surface area contributed by atoms with Crippen LogP contribution in [0.2, 0.25) is 0 Å². The van der Waals surface area contributed by atoms with E-state index >= 15 is 0 Å². The molecule has 0 heterocycles. The minimum atomic E-state index is -0.509. The molecule has 0 aliphatic carbocycles. The van der Waals surface area contributed by atoms with E-state index in [1.807, 2.05) is 12.1 Å². The highest BCUT2D eigenvalue weighted by Gasteiger charge is 2.18. The molecule has 0 fully saturated rings. The summed E-state index contributed by atoms with van der Waals surface area (Å²) in [6.45, 7) is 10.6. The number of aryl methyl sites for hydroxylation is 1. The molecular weight excluding hydrogens is 376 g/mol. The van der Waals surface area contributed by atoms with Gasteiger partial charge in [-0.1, -0.05) is 61.9 Å². The van der Waals surface area contributed by atoms with Gasteiger partial charge in [0.25, 0.3) is 0 Å². The van der Waals surface area contributed by atoms with Crippen LogP contribution in [-0.2, 0) is 14.3 Å². The molecule has 3 aromatic carbocycles. The zero-order valence-electron chi connectivity index (χ0n) is 18.1. The minimum Gasteiger partial charge on any atom is -0.488 e. The lowest BCUT2D eigenvalue weighted by Crippen LogP contribution is -2.30. The third-order valence-electron chi connectivity index (χ3n) is 4.95. The fourth-order valence-corrected chi connectivity index (χ4v) is 3.30. The highest BCUT2D eigenvalue weighted by molar-refractivity contribution is 6.05. The maximum Gasteiger partial charge on any atom is 0.333 e. The summed E-state index contributed by atoms with van der Waals surface area (Å²) in [6.07, 6.45) is 1.51. The second-order valence-electron chi connectivity index (χ2n) is 7.70. The Bertz CT molecular complexity index is 1040. The molecule has 0 aliphatic rings. The van der Waals surface area contributed by atoms with Crippen molar-refractivity contribution in [2.45, 2.75) is 39.7 Å². The van der Waals surface area contributed by atoms with Gasteiger partial charge in [0.2, 0.25) is 0 Å². The van der Waals surface area contributed by atoms with Crippen molar-refractivity contribution in [2.75, 3.05) is 19.8 Å². The molecule has 4 heteroatoms. The van der Waals surface area contributed by atoms with Gasteiger partial charge in [0, 0.05) is 23.0 Å². The zero-order chi connectivity index (χ0) is 21.5. The lowest BCUT2D eigenvalue weighted by Gasteiger charge is -2.20. The molecule has 3 rings (SSSR count). The second kappa shape index (κ2) is 10.3. The van der Waals surface area contributed by atoms with Crippen LogP contribution in [0.15, 0.2) is 60.7 Å². The molecule has 0 bridgehead atoms.